The highest BCUT2D eigenvalue weighted by Crippen LogP contribution is 2.26. The predicted octanol–water partition coefficient (Wildman–Crippen LogP) is 3.26. The van der Waals surface area contributed by atoms with Crippen molar-refractivity contribution in [2.45, 2.75) is 25.3 Å². The van der Waals surface area contributed by atoms with Gasteiger partial charge in [-0.05, 0) is 25.0 Å². The molecule has 2 N–H and O–H groups in total. The van der Waals surface area contributed by atoms with Crippen LogP contribution in [0.15, 0.2) is 48.5 Å². The van der Waals surface area contributed by atoms with Gasteiger partial charge in [0.15, 0.2) is 0 Å². The van der Waals surface area contributed by atoms with Gasteiger partial charge in [0.2, 0.25) is 0 Å². The molecule has 3 aromatic rings. The normalized spacial score (nSPS) is 11.8. The molecule has 1 amide bonds. The first-order valence-electron chi connectivity index (χ1n) is 8.30. The Morgan fingerprint density at radius 3 is 2.19 bits per heavy atom. The number of nitrogens with one attached hydrogen (secondary N) is 1. The van der Waals surface area contributed by atoms with Crippen LogP contribution in [-0.2, 0) is 4.79 Å². The molecule has 6 nitrogen and oxygen atoms in total. The minimum absolute atomic E-state index is 0.204. The van der Waals surface area contributed by atoms with E-state index in [0.717, 1.165) is 0 Å². The summed E-state index contributed by atoms with van der Waals surface area (Å²) in [6, 6.07) is 15.5. The largest absolute Gasteiger partial charge is 0.480 e. The van der Waals surface area contributed by atoms with E-state index in [-0.39, 0.29) is 12.8 Å². The Morgan fingerprint density at radius 1 is 1.08 bits per heavy atom. The summed E-state index contributed by atoms with van der Waals surface area (Å²) >= 11 is 0. The third-order valence-corrected chi connectivity index (χ3v) is 4.20. The van der Waals surface area contributed by atoms with Crippen LogP contribution >= 0.6 is 0 Å². The fourth-order valence-corrected chi connectivity index (χ4v) is 2.96. The van der Waals surface area contributed by atoms with Crippen molar-refractivity contribution in [1.82, 2.24) is 10.3 Å². The van der Waals surface area contributed by atoms with Crippen molar-refractivity contribution >= 4 is 33.7 Å². The maximum atomic E-state index is 13.0. The summed E-state index contributed by atoms with van der Waals surface area (Å²) in [6.07, 6.45) is 0.863. The number of hydrogen-bond acceptors (Lipinski definition) is 4. The zero-order valence-corrected chi connectivity index (χ0v) is 14.0. The van der Waals surface area contributed by atoms with Gasteiger partial charge in [-0.25, -0.2) is 9.78 Å². The highest BCUT2D eigenvalue weighted by molar-refractivity contribution is 6.16. The summed E-state index contributed by atoms with van der Waals surface area (Å²) in [6.45, 7) is 0. The molecule has 0 spiro atoms. The average molecular weight is 347 g/mol. The third kappa shape index (κ3) is 3.47. The quantitative estimate of drug-likeness (QED) is 0.526. The number of rotatable bonds is 6. The van der Waals surface area contributed by atoms with E-state index in [1.807, 2.05) is 42.5 Å². The number of para-hydroxylation sites is 2. The number of fused-ring (bicyclic) bond motifs is 2. The van der Waals surface area contributed by atoms with Crippen molar-refractivity contribution in [3.8, 4) is 6.07 Å². The van der Waals surface area contributed by atoms with Gasteiger partial charge in [-0.2, -0.15) is 5.26 Å². The lowest BCUT2D eigenvalue weighted by Gasteiger charge is -2.16. The Labute approximate surface area is 150 Å². The SMILES string of the molecule is N#CCCC[C@@H](NC(=O)c1c2ccccc2nc2ccccc12)C(=O)O. The van der Waals surface area contributed by atoms with Crippen LogP contribution in [0.3, 0.4) is 0 Å². The standard InChI is InChI=1S/C20H17N3O3/c21-12-6-5-11-17(20(25)26)23-19(24)18-13-7-1-3-9-15(13)22-16-10-4-2-8-14(16)18/h1-4,7-10,17H,5-6,11H2,(H,23,24)(H,25,26)/t17-/m1/s1. The van der Waals surface area contributed by atoms with E-state index in [2.05, 4.69) is 10.3 Å². The van der Waals surface area contributed by atoms with E-state index in [4.69, 9.17) is 5.26 Å². The molecule has 0 fully saturated rings. The van der Waals surface area contributed by atoms with Crippen LogP contribution in [0, 0.1) is 11.3 Å². The van der Waals surface area contributed by atoms with Crippen molar-refractivity contribution in [3.05, 3.63) is 54.1 Å². The number of nitrogens with zero attached hydrogens (tertiary/aromatic N) is 2. The Kier molecular flexibility index (Phi) is 5.09. The van der Waals surface area contributed by atoms with Gasteiger partial charge in [-0.3, -0.25) is 4.79 Å². The topological polar surface area (TPSA) is 103 Å². The molecule has 6 heteroatoms. The lowest BCUT2D eigenvalue weighted by atomic mass is 10.0. The zero-order chi connectivity index (χ0) is 18.5. The molecule has 0 bridgehead atoms. The van der Waals surface area contributed by atoms with Crippen molar-refractivity contribution < 1.29 is 14.7 Å². The zero-order valence-electron chi connectivity index (χ0n) is 14.0. The second-order valence-corrected chi connectivity index (χ2v) is 5.94. The maximum Gasteiger partial charge on any atom is 0.326 e. The molecular weight excluding hydrogens is 330 g/mol. The molecule has 0 unspecified atom stereocenters. The molecule has 0 aliphatic rings. The molecule has 1 heterocycles. The van der Waals surface area contributed by atoms with Crippen LogP contribution in [0.5, 0.6) is 0 Å². The van der Waals surface area contributed by atoms with E-state index in [1.54, 1.807) is 12.1 Å². The van der Waals surface area contributed by atoms with Crippen LogP contribution in [0.4, 0.5) is 0 Å². The van der Waals surface area contributed by atoms with Gasteiger partial charge in [0, 0.05) is 17.2 Å². The fraction of sp³-hybridized carbons (Fsp3) is 0.200. The number of nitriles is 1. The first-order chi connectivity index (χ1) is 12.6. The van der Waals surface area contributed by atoms with Gasteiger partial charge in [0.25, 0.3) is 5.91 Å². The van der Waals surface area contributed by atoms with Crippen molar-refractivity contribution in [2.75, 3.05) is 0 Å². The second-order valence-electron chi connectivity index (χ2n) is 5.94. The molecule has 0 saturated carbocycles. The van der Waals surface area contributed by atoms with Crippen molar-refractivity contribution in [3.63, 3.8) is 0 Å². The van der Waals surface area contributed by atoms with E-state index in [9.17, 15) is 14.7 Å². The monoisotopic (exact) mass is 347 g/mol. The number of aliphatic carboxylic acids is 1. The lowest BCUT2D eigenvalue weighted by Crippen LogP contribution is -2.40. The van der Waals surface area contributed by atoms with E-state index >= 15 is 0 Å². The van der Waals surface area contributed by atoms with Gasteiger partial charge >= 0.3 is 5.97 Å². The number of unbranched alkanes of at least 4 members (excludes halogenated alkanes) is 1. The number of aromatic nitrogens is 1. The Hall–Kier alpha value is -3.46. The third-order valence-electron chi connectivity index (χ3n) is 4.20. The molecule has 2 aromatic carbocycles. The molecular formula is C20H17N3O3. The van der Waals surface area contributed by atoms with E-state index < -0.39 is 17.9 Å². The van der Waals surface area contributed by atoms with Gasteiger partial charge in [-0.15, -0.1) is 0 Å². The first-order valence-corrected chi connectivity index (χ1v) is 8.30. The molecule has 1 aromatic heterocycles. The van der Waals surface area contributed by atoms with Gasteiger partial charge < -0.3 is 10.4 Å². The number of benzene rings is 2. The summed E-state index contributed by atoms with van der Waals surface area (Å²) < 4.78 is 0. The van der Waals surface area contributed by atoms with Crippen LogP contribution in [0.1, 0.15) is 29.6 Å². The Balaban J connectivity index is 2.03. The molecule has 0 radical (unpaired) electrons. The van der Waals surface area contributed by atoms with Crippen LogP contribution < -0.4 is 5.32 Å². The van der Waals surface area contributed by atoms with Crippen molar-refractivity contribution in [2.24, 2.45) is 0 Å². The fourth-order valence-electron chi connectivity index (χ4n) is 2.96. The van der Waals surface area contributed by atoms with Crippen LogP contribution in [0.25, 0.3) is 21.8 Å². The lowest BCUT2D eigenvalue weighted by molar-refractivity contribution is -0.139. The number of carbonyl (C=O) groups excluding carboxylic acids is 1. The van der Waals surface area contributed by atoms with Crippen molar-refractivity contribution in [1.29, 1.82) is 5.26 Å². The minimum atomic E-state index is -1.11. The summed E-state index contributed by atoms with van der Waals surface area (Å²) in [4.78, 5) is 29.0. The number of hydrogen-bond donors (Lipinski definition) is 2. The molecule has 0 aliphatic carbocycles. The second kappa shape index (κ2) is 7.62. The van der Waals surface area contributed by atoms with Crippen LogP contribution in [-0.4, -0.2) is 28.0 Å². The van der Waals surface area contributed by atoms with Gasteiger partial charge in [0.05, 0.1) is 22.7 Å². The van der Waals surface area contributed by atoms with Gasteiger partial charge in [-0.1, -0.05) is 36.4 Å². The van der Waals surface area contributed by atoms with E-state index in [1.165, 1.54) is 0 Å². The number of carboxylic acids is 1. The molecule has 3 rings (SSSR count). The summed E-state index contributed by atoms with van der Waals surface area (Å²) in [5.74, 6) is -1.57. The Morgan fingerprint density at radius 2 is 1.65 bits per heavy atom. The minimum Gasteiger partial charge on any atom is -0.480 e. The molecule has 26 heavy (non-hydrogen) atoms. The first kappa shape index (κ1) is 17.4. The van der Waals surface area contributed by atoms with Crippen LogP contribution in [0.2, 0.25) is 0 Å². The molecule has 1 atom stereocenters. The summed E-state index contributed by atoms with van der Waals surface area (Å²) in [5.41, 5.74) is 1.76. The molecule has 0 saturated heterocycles. The maximum absolute atomic E-state index is 13.0. The average Bonchev–Trinajstić information content (AvgIpc) is 2.65. The van der Waals surface area contributed by atoms with E-state index in [0.29, 0.717) is 33.8 Å². The number of carboxylic acid groups (broad SMARTS) is 1. The summed E-state index contributed by atoms with van der Waals surface area (Å²) in [7, 11) is 0. The highest BCUT2D eigenvalue weighted by atomic mass is 16.4. The molecule has 0 aliphatic heterocycles. The Bertz CT molecular complexity index is 970. The van der Waals surface area contributed by atoms with Gasteiger partial charge in [0.1, 0.15) is 6.04 Å². The predicted molar refractivity (Wildman–Crippen MR) is 97.6 cm³/mol. The summed E-state index contributed by atoms with van der Waals surface area (Å²) in [5, 5.41) is 22.0. The number of carbonyl (C=O) groups is 2. The number of amides is 1. The number of pyridine rings is 1. The molecule has 130 valence electrons. The smallest absolute Gasteiger partial charge is 0.326 e. The highest BCUT2D eigenvalue weighted by Gasteiger charge is 2.23.